The number of rotatable bonds is 4. The monoisotopic (exact) mass is 303 g/mol. The molecule has 0 heterocycles. The van der Waals surface area contributed by atoms with Gasteiger partial charge in [0.15, 0.2) is 11.6 Å². The van der Waals surface area contributed by atoms with Crippen LogP contribution in [0.15, 0.2) is 36.4 Å². The van der Waals surface area contributed by atoms with Crippen molar-refractivity contribution in [2.24, 2.45) is 0 Å². The SMILES string of the molecule is COc1ccc(CN(C)C(=O)c2cc(C)ccc2O)cc1F. The van der Waals surface area contributed by atoms with E-state index in [0.717, 1.165) is 5.56 Å². The minimum absolute atomic E-state index is 0.0663. The predicted molar refractivity (Wildman–Crippen MR) is 81.6 cm³/mol. The summed E-state index contributed by atoms with van der Waals surface area (Å²) in [5.41, 5.74) is 1.75. The number of phenolic OH excluding ortho intramolecular Hbond substituents is 1. The third-order valence-corrected chi connectivity index (χ3v) is 3.37. The van der Waals surface area contributed by atoms with Crippen LogP contribution in [0.25, 0.3) is 0 Å². The molecule has 1 amide bonds. The first kappa shape index (κ1) is 15.8. The van der Waals surface area contributed by atoms with Crippen molar-refractivity contribution in [1.82, 2.24) is 4.90 Å². The highest BCUT2D eigenvalue weighted by atomic mass is 19.1. The molecule has 2 aromatic rings. The summed E-state index contributed by atoms with van der Waals surface area (Å²) >= 11 is 0. The van der Waals surface area contributed by atoms with Gasteiger partial charge >= 0.3 is 0 Å². The Kier molecular flexibility index (Phi) is 4.65. The van der Waals surface area contributed by atoms with E-state index in [1.54, 1.807) is 25.2 Å². The van der Waals surface area contributed by atoms with Crippen LogP contribution >= 0.6 is 0 Å². The molecule has 2 aromatic carbocycles. The van der Waals surface area contributed by atoms with Crippen molar-refractivity contribution in [1.29, 1.82) is 0 Å². The van der Waals surface area contributed by atoms with Crippen LogP contribution in [0, 0.1) is 12.7 Å². The molecule has 0 saturated heterocycles. The van der Waals surface area contributed by atoms with Gasteiger partial charge in [0, 0.05) is 13.6 Å². The number of methoxy groups -OCH3 is 1. The Hall–Kier alpha value is -2.56. The van der Waals surface area contributed by atoms with E-state index in [4.69, 9.17) is 4.74 Å². The third kappa shape index (κ3) is 3.36. The highest BCUT2D eigenvalue weighted by molar-refractivity contribution is 5.96. The molecule has 5 heteroatoms. The van der Waals surface area contributed by atoms with Crippen LogP contribution in [-0.2, 0) is 6.54 Å². The van der Waals surface area contributed by atoms with Crippen LogP contribution in [-0.4, -0.2) is 30.1 Å². The van der Waals surface area contributed by atoms with Gasteiger partial charge in [-0.1, -0.05) is 17.7 Å². The molecule has 0 unspecified atom stereocenters. The molecule has 4 nitrogen and oxygen atoms in total. The number of aromatic hydroxyl groups is 1. The van der Waals surface area contributed by atoms with Crippen molar-refractivity contribution in [2.75, 3.05) is 14.2 Å². The molecule has 0 fully saturated rings. The molecule has 0 radical (unpaired) electrons. The van der Waals surface area contributed by atoms with Gasteiger partial charge in [0.05, 0.1) is 12.7 Å². The summed E-state index contributed by atoms with van der Waals surface area (Å²) in [4.78, 5) is 13.8. The van der Waals surface area contributed by atoms with E-state index in [2.05, 4.69) is 0 Å². The number of carbonyl (C=O) groups is 1. The molecule has 0 bridgehead atoms. The van der Waals surface area contributed by atoms with Gasteiger partial charge in [-0.3, -0.25) is 4.79 Å². The molecule has 116 valence electrons. The van der Waals surface area contributed by atoms with Gasteiger partial charge in [-0.05, 0) is 36.8 Å². The second kappa shape index (κ2) is 6.47. The Balaban J connectivity index is 2.18. The molecule has 0 saturated carbocycles. The lowest BCUT2D eigenvalue weighted by molar-refractivity contribution is 0.0782. The fourth-order valence-corrected chi connectivity index (χ4v) is 2.18. The molecule has 2 rings (SSSR count). The third-order valence-electron chi connectivity index (χ3n) is 3.37. The highest BCUT2D eigenvalue weighted by Gasteiger charge is 2.16. The predicted octanol–water partition coefficient (Wildman–Crippen LogP) is 3.12. The number of nitrogens with zero attached hydrogens (tertiary/aromatic N) is 1. The molecular formula is C17H18FNO3. The van der Waals surface area contributed by atoms with E-state index in [0.29, 0.717) is 5.56 Å². The number of phenols is 1. The first-order chi connectivity index (χ1) is 10.4. The fraction of sp³-hybridized carbons (Fsp3) is 0.235. The first-order valence-corrected chi connectivity index (χ1v) is 6.80. The average Bonchev–Trinajstić information content (AvgIpc) is 2.49. The maximum Gasteiger partial charge on any atom is 0.257 e. The molecule has 1 N–H and O–H groups in total. The number of benzene rings is 2. The maximum absolute atomic E-state index is 13.7. The molecular weight excluding hydrogens is 285 g/mol. The lowest BCUT2D eigenvalue weighted by atomic mass is 10.1. The Morgan fingerprint density at radius 3 is 2.64 bits per heavy atom. The van der Waals surface area contributed by atoms with Gasteiger partial charge in [0.2, 0.25) is 0 Å². The van der Waals surface area contributed by atoms with Crippen molar-refractivity contribution in [3.8, 4) is 11.5 Å². The van der Waals surface area contributed by atoms with Gasteiger partial charge in [-0.25, -0.2) is 4.39 Å². The Labute approximate surface area is 128 Å². The van der Waals surface area contributed by atoms with Crippen LogP contribution < -0.4 is 4.74 Å². The van der Waals surface area contributed by atoms with Crippen molar-refractivity contribution < 1.29 is 19.0 Å². The summed E-state index contributed by atoms with van der Waals surface area (Å²) in [5.74, 6) is -0.700. The van der Waals surface area contributed by atoms with Crippen molar-refractivity contribution in [2.45, 2.75) is 13.5 Å². The van der Waals surface area contributed by atoms with E-state index in [9.17, 15) is 14.3 Å². The minimum atomic E-state index is -0.473. The van der Waals surface area contributed by atoms with E-state index in [-0.39, 0.29) is 29.5 Å². The van der Waals surface area contributed by atoms with Crippen LogP contribution in [0.3, 0.4) is 0 Å². The zero-order valence-electron chi connectivity index (χ0n) is 12.8. The standard InChI is InChI=1S/C17H18FNO3/c1-11-4-6-15(20)13(8-11)17(21)19(2)10-12-5-7-16(22-3)14(18)9-12/h4-9,20H,10H2,1-3H3. The lowest BCUT2D eigenvalue weighted by Crippen LogP contribution is -2.26. The number of carbonyl (C=O) groups excluding carboxylic acids is 1. The van der Waals surface area contributed by atoms with E-state index >= 15 is 0 Å². The number of ether oxygens (including phenoxy) is 1. The van der Waals surface area contributed by atoms with Crippen LogP contribution in [0.2, 0.25) is 0 Å². The zero-order valence-corrected chi connectivity index (χ0v) is 12.8. The normalized spacial score (nSPS) is 10.4. The second-order valence-electron chi connectivity index (χ2n) is 5.15. The summed E-state index contributed by atoms with van der Waals surface area (Å²) in [6.07, 6.45) is 0. The number of halogens is 1. The van der Waals surface area contributed by atoms with Crippen LogP contribution in [0.4, 0.5) is 4.39 Å². The molecule has 0 spiro atoms. The Morgan fingerprint density at radius 1 is 1.27 bits per heavy atom. The lowest BCUT2D eigenvalue weighted by Gasteiger charge is -2.18. The summed E-state index contributed by atoms with van der Waals surface area (Å²) in [5, 5.41) is 9.81. The molecule has 0 aliphatic rings. The second-order valence-corrected chi connectivity index (χ2v) is 5.15. The minimum Gasteiger partial charge on any atom is -0.507 e. The largest absolute Gasteiger partial charge is 0.507 e. The maximum atomic E-state index is 13.7. The first-order valence-electron chi connectivity index (χ1n) is 6.80. The molecule has 0 aliphatic heterocycles. The topological polar surface area (TPSA) is 49.8 Å². The quantitative estimate of drug-likeness (QED) is 0.944. The zero-order chi connectivity index (χ0) is 16.3. The Bertz CT molecular complexity index is 700. The van der Waals surface area contributed by atoms with Gasteiger partial charge < -0.3 is 14.7 Å². The smallest absolute Gasteiger partial charge is 0.257 e. The summed E-state index contributed by atoms with van der Waals surface area (Å²) in [7, 11) is 3.00. The summed E-state index contributed by atoms with van der Waals surface area (Å²) < 4.78 is 18.5. The van der Waals surface area contributed by atoms with Gasteiger partial charge in [0.25, 0.3) is 5.91 Å². The number of hydrogen-bond acceptors (Lipinski definition) is 3. The van der Waals surface area contributed by atoms with E-state index in [1.165, 1.54) is 30.2 Å². The van der Waals surface area contributed by atoms with Gasteiger partial charge in [0.1, 0.15) is 5.75 Å². The van der Waals surface area contributed by atoms with Crippen LogP contribution in [0.5, 0.6) is 11.5 Å². The molecule has 0 atom stereocenters. The number of aryl methyl sites for hydroxylation is 1. The summed E-state index contributed by atoms with van der Waals surface area (Å²) in [6, 6.07) is 9.39. The van der Waals surface area contributed by atoms with Crippen LogP contribution in [0.1, 0.15) is 21.5 Å². The Morgan fingerprint density at radius 2 is 2.00 bits per heavy atom. The number of hydrogen-bond donors (Lipinski definition) is 1. The van der Waals surface area contributed by atoms with Crippen molar-refractivity contribution in [3.63, 3.8) is 0 Å². The van der Waals surface area contributed by atoms with Crippen molar-refractivity contribution in [3.05, 3.63) is 58.9 Å². The summed E-state index contributed by atoms with van der Waals surface area (Å²) in [6.45, 7) is 2.07. The molecule has 0 aliphatic carbocycles. The molecule has 0 aromatic heterocycles. The average molecular weight is 303 g/mol. The van der Waals surface area contributed by atoms with Crippen molar-refractivity contribution >= 4 is 5.91 Å². The highest BCUT2D eigenvalue weighted by Crippen LogP contribution is 2.22. The van der Waals surface area contributed by atoms with E-state index in [1.807, 2.05) is 6.92 Å². The molecule has 22 heavy (non-hydrogen) atoms. The van der Waals surface area contributed by atoms with E-state index < -0.39 is 5.82 Å². The fourth-order valence-electron chi connectivity index (χ4n) is 2.18. The van der Waals surface area contributed by atoms with Gasteiger partial charge in [-0.2, -0.15) is 0 Å². The van der Waals surface area contributed by atoms with Gasteiger partial charge in [-0.15, -0.1) is 0 Å². The number of amides is 1.